The minimum atomic E-state index is -0.580. The zero-order valence-electron chi connectivity index (χ0n) is 14.7. The Morgan fingerprint density at radius 3 is 2.68 bits per heavy atom. The molecule has 0 saturated heterocycles. The largest absolute Gasteiger partial charge is 0.491 e. The van der Waals surface area contributed by atoms with Crippen LogP contribution in [0.5, 0.6) is 5.75 Å². The van der Waals surface area contributed by atoms with Crippen molar-refractivity contribution in [2.75, 3.05) is 19.7 Å². The lowest BCUT2D eigenvalue weighted by atomic mass is 9.89. The predicted octanol–water partition coefficient (Wildman–Crippen LogP) is 3.38. The van der Waals surface area contributed by atoms with Gasteiger partial charge in [-0.25, -0.2) is 0 Å². The molecule has 2 fully saturated rings. The van der Waals surface area contributed by atoms with Crippen molar-refractivity contribution in [2.45, 2.75) is 57.1 Å². The van der Waals surface area contributed by atoms with Gasteiger partial charge >= 0.3 is 0 Å². The van der Waals surface area contributed by atoms with Crippen LogP contribution in [0.2, 0.25) is 0 Å². The molecule has 2 saturated carbocycles. The van der Waals surface area contributed by atoms with Crippen molar-refractivity contribution >= 4 is 5.69 Å². The summed E-state index contributed by atoms with van der Waals surface area (Å²) in [4.78, 5) is 12.8. The molecule has 1 N–H and O–H groups in total. The minimum Gasteiger partial charge on any atom is -0.491 e. The Balaban J connectivity index is 1.47. The van der Waals surface area contributed by atoms with Gasteiger partial charge in [-0.15, -0.1) is 0 Å². The van der Waals surface area contributed by atoms with Gasteiger partial charge in [-0.1, -0.05) is 25.3 Å². The molecule has 6 heteroatoms. The summed E-state index contributed by atoms with van der Waals surface area (Å²) in [5.41, 5.74) is 0.00361. The summed E-state index contributed by atoms with van der Waals surface area (Å²) < 4.78 is 5.57. The number of aliphatic hydroxyl groups excluding tert-OH is 1. The predicted molar refractivity (Wildman–Crippen MR) is 95.8 cm³/mol. The van der Waals surface area contributed by atoms with Crippen LogP contribution in [0.3, 0.4) is 0 Å². The third-order valence-corrected chi connectivity index (χ3v) is 5.20. The molecule has 0 amide bonds. The molecule has 138 valence electrons. The quantitative estimate of drug-likeness (QED) is 0.547. The van der Waals surface area contributed by atoms with Gasteiger partial charge in [0.25, 0.3) is 5.69 Å². The lowest BCUT2D eigenvalue weighted by Gasteiger charge is -2.31. The number of hydrogen-bond acceptors (Lipinski definition) is 5. The lowest BCUT2D eigenvalue weighted by Crippen LogP contribution is -2.40. The summed E-state index contributed by atoms with van der Waals surface area (Å²) >= 11 is 0. The first-order valence-electron chi connectivity index (χ1n) is 9.41. The highest BCUT2D eigenvalue weighted by Crippen LogP contribution is 2.31. The summed E-state index contributed by atoms with van der Waals surface area (Å²) in [6.07, 6.45) is 8.52. The number of non-ortho nitro benzene ring substituents is 1. The van der Waals surface area contributed by atoms with E-state index in [2.05, 4.69) is 4.90 Å². The Morgan fingerprint density at radius 1 is 1.24 bits per heavy atom. The number of aliphatic hydroxyl groups is 1. The van der Waals surface area contributed by atoms with Gasteiger partial charge in [-0.3, -0.25) is 15.0 Å². The Bertz CT molecular complexity index is 570. The molecule has 0 aliphatic heterocycles. The van der Waals surface area contributed by atoms with E-state index >= 15 is 0 Å². The van der Waals surface area contributed by atoms with Crippen molar-refractivity contribution < 1.29 is 14.8 Å². The van der Waals surface area contributed by atoms with E-state index in [1.807, 2.05) is 0 Å². The molecule has 1 aromatic rings. The maximum absolute atomic E-state index is 10.8. The van der Waals surface area contributed by atoms with Crippen LogP contribution >= 0.6 is 0 Å². The van der Waals surface area contributed by atoms with Crippen LogP contribution in [-0.2, 0) is 0 Å². The molecule has 25 heavy (non-hydrogen) atoms. The summed E-state index contributed by atoms with van der Waals surface area (Å²) in [5.74, 6) is 1.19. The Labute approximate surface area is 148 Å². The van der Waals surface area contributed by atoms with E-state index in [9.17, 15) is 15.2 Å². The molecule has 0 aromatic heterocycles. The van der Waals surface area contributed by atoms with E-state index < -0.39 is 11.0 Å². The molecule has 0 spiro atoms. The van der Waals surface area contributed by atoms with Gasteiger partial charge in [0, 0.05) is 25.2 Å². The number of nitro groups is 1. The fourth-order valence-corrected chi connectivity index (χ4v) is 3.72. The standard InChI is InChI=1S/C19H28N2O4/c22-18(14-25-19-8-4-7-17(11-19)21(23)24)13-20(16-9-10-16)12-15-5-2-1-3-6-15/h4,7-8,11,15-16,18,22H,1-3,5-6,9-10,12-14H2. The summed E-state index contributed by atoms with van der Waals surface area (Å²) in [6.45, 7) is 1.86. The lowest BCUT2D eigenvalue weighted by molar-refractivity contribution is -0.384. The highest BCUT2D eigenvalue weighted by molar-refractivity contribution is 5.37. The number of ether oxygens (including phenoxy) is 1. The zero-order chi connectivity index (χ0) is 17.6. The molecular weight excluding hydrogens is 320 g/mol. The molecule has 1 aromatic carbocycles. The van der Waals surface area contributed by atoms with Crippen molar-refractivity contribution in [1.29, 1.82) is 0 Å². The fraction of sp³-hybridized carbons (Fsp3) is 0.684. The Hall–Kier alpha value is -1.66. The van der Waals surface area contributed by atoms with Crippen LogP contribution in [0.25, 0.3) is 0 Å². The van der Waals surface area contributed by atoms with Gasteiger partial charge in [0.15, 0.2) is 0 Å². The van der Waals surface area contributed by atoms with E-state index in [1.54, 1.807) is 12.1 Å². The topological polar surface area (TPSA) is 75.8 Å². The molecule has 1 atom stereocenters. The molecule has 3 rings (SSSR count). The second-order valence-corrected chi connectivity index (χ2v) is 7.41. The fourth-order valence-electron chi connectivity index (χ4n) is 3.72. The van der Waals surface area contributed by atoms with Crippen molar-refractivity contribution in [1.82, 2.24) is 4.90 Å². The average Bonchev–Trinajstić information content (AvgIpc) is 3.46. The highest BCUT2D eigenvalue weighted by atomic mass is 16.6. The number of benzene rings is 1. The third-order valence-electron chi connectivity index (χ3n) is 5.20. The Morgan fingerprint density at radius 2 is 2.00 bits per heavy atom. The van der Waals surface area contributed by atoms with Crippen LogP contribution in [0.4, 0.5) is 5.69 Å². The number of nitro benzene ring substituents is 1. The highest BCUT2D eigenvalue weighted by Gasteiger charge is 2.32. The van der Waals surface area contributed by atoms with Crippen LogP contribution in [0.1, 0.15) is 44.9 Å². The molecule has 0 radical (unpaired) electrons. The van der Waals surface area contributed by atoms with Gasteiger partial charge in [0.1, 0.15) is 18.5 Å². The summed E-state index contributed by atoms with van der Waals surface area (Å²) in [5, 5.41) is 21.2. The first-order chi connectivity index (χ1) is 12.1. The first-order valence-corrected chi connectivity index (χ1v) is 9.41. The maximum Gasteiger partial charge on any atom is 0.273 e. The van der Waals surface area contributed by atoms with E-state index in [0.29, 0.717) is 18.3 Å². The zero-order valence-corrected chi connectivity index (χ0v) is 14.7. The molecule has 1 unspecified atom stereocenters. The normalized spacial score (nSPS) is 19.8. The maximum atomic E-state index is 10.8. The minimum absolute atomic E-state index is 0.00361. The van der Waals surface area contributed by atoms with Crippen molar-refractivity contribution in [2.24, 2.45) is 5.92 Å². The third kappa shape index (κ3) is 5.68. The van der Waals surface area contributed by atoms with Crippen LogP contribution < -0.4 is 4.74 Å². The van der Waals surface area contributed by atoms with Gasteiger partial charge in [-0.2, -0.15) is 0 Å². The van der Waals surface area contributed by atoms with Gasteiger partial charge in [-0.05, 0) is 37.7 Å². The van der Waals surface area contributed by atoms with Gasteiger partial charge in [0.2, 0.25) is 0 Å². The molecular formula is C19H28N2O4. The van der Waals surface area contributed by atoms with E-state index in [0.717, 1.165) is 12.5 Å². The smallest absolute Gasteiger partial charge is 0.273 e. The first kappa shape index (κ1) is 18.1. The monoisotopic (exact) mass is 348 g/mol. The summed E-state index contributed by atoms with van der Waals surface area (Å²) in [7, 11) is 0. The van der Waals surface area contributed by atoms with E-state index in [1.165, 1.54) is 57.1 Å². The average molecular weight is 348 g/mol. The van der Waals surface area contributed by atoms with E-state index in [-0.39, 0.29) is 12.3 Å². The molecule has 6 nitrogen and oxygen atoms in total. The van der Waals surface area contributed by atoms with Crippen LogP contribution in [0.15, 0.2) is 24.3 Å². The van der Waals surface area contributed by atoms with Crippen LogP contribution in [-0.4, -0.2) is 46.8 Å². The molecule has 0 heterocycles. The number of hydrogen-bond donors (Lipinski definition) is 1. The van der Waals surface area contributed by atoms with Gasteiger partial charge < -0.3 is 9.84 Å². The second kappa shape index (κ2) is 8.63. The van der Waals surface area contributed by atoms with Crippen LogP contribution in [0, 0.1) is 16.0 Å². The van der Waals surface area contributed by atoms with Crippen molar-refractivity contribution in [3.63, 3.8) is 0 Å². The van der Waals surface area contributed by atoms with Crippen molar-refractivity contribution in [3.05, 3.63) is 34.4 Å². The van der Waals surface area contributed by atoms with Gasteiger partial charge in [0.05, 0.1) is 11.0 Å². The number of nitrogens with zero attached hydrogens (tertiary/aromatic N) is 2. The number of rotatable bonds is 9. The molecule has 0 bridgehead atoms. The molecule has 2 aliphatic carbocycles. The Kier molecular flexibility index (Phi) is 6.26. The molecule has 2 aliphatic rings. The van der Waals surface area contributed by atoms with E-state index in [4.69, 9.17) is 4.74 Å². The van der Waals surface area contributed by atoms with Crippen molar-refractivity contribution in [3.8, 4) is 5.75 Å². The second-order valence-electron chi connectivity index (χ2n) is 7.41. The summed E-state index contributed by atoms with van der Waals surface area (Å²) in [6, 6.07) is 6.73. The SMILES string of the molecule is O=[N+]([O-])c1cccc(OCC(O)CN(CC2CCCCC2)C2CC2)c1.